The molecule has 1 N–H and O–H groups in total. The Morgan fingerprint density at radius 1 is 1.22 bits per heavy atom. The predicted molar refractivity (Wildman–Crippen MR) is 73.4 cm³/mol. The molecule has 1 fully saturated rings. The van der Waals surface area contributed by atoms with E-state index >= 15 is 0 Å². The SMILES string of the molecule is C[C@@H](NC1COCc2ccccc21)C1CCCC1. The van der Waals surface area contributed by atoms with Crippen molar-refractivity contribution in [2.75, 3.05) is 6.61 Å². The smallest absolute Gasteiger partial charge is 0.0721 e. The summed E-state index contributed by atoms with van der Waals surface area (Å²) in [5.41, 5.74) is 2.79. The number of ether oxygens (including phenoxy) is 1. The molecule has 1 heterocycles. The Kier molecular flexibility index (Phi) is 3.67. The summed E-state index contributed by atoms with van der Waals surface area (Å²) in [4.78, 5) is 0. The number of hydrogen-bond acceptors (Lipinski definition) is 2. The van der Waals surface area contributed by atoms with Gasteiger partial charge in [-0.25, -0.2) is 0 Å². The van der Waals surface area contributed by atoms with Crippen LogP contribution in [0.2, 0.25) is 0 Å². The zero-order valence-electron chi connectivity index (χ0n) is 11.2. The monoisotopic (exact) mass is 245 g/mol. The maximum Gasteiger partial charge on any atom is 0.0721 e. The lowest BCUT2D eigenvalue weighted by Crippen LogP contribution is -2.39. The van der Waals surface area contributed by atoms with Gasteiger partial charge in [0.05, 0.1) is 19.3 Å². The summed E-state index contributed by atoms with van der Waals surface area (Å²) in [7, 11) is 0. The normalized spacial score (nSPS) is 25.9. The second-order valence-electron chi connectivity index (χ2n) is 5.77. The van der Waals surface area contributed by atoms with E-state index in [2.05, 4.69) is 36.5 Å². The quantitative estimate of drug-likeness (QED) is 0.881. The summed E-state index contributed by atoms with van der Waals surface area (Å²) in [6.45, 7) is 3.92. The minimum Gasteiger partial charge on any atom is -0.375 e. The Hall–Kier alpha value is -0.860. The Bertz CT molecular complexity index is 398. The largest absolute Gasteiger partial charge is 0.375 e. The van der Waals surface area contributed by atoms with E-state index in [1.165, 1.54) is 36.8 Å². The maximum absolute atomic E-state index is 5.71. The van der Waals surface area contributed by atoms with Gasteiger partial charge in [0.15, 0.2) is 0 Å². The first-order valence-corrected chi connectivity index (χ1v) is 7.26. The van der Waals surface area contributed by atoms with Gasteiger partial charge >= 0.3 is 0 Å². The third-order valence-electron chi connectivity index (χ3n) is 4.54. The molecular weight excluding hydrogens is 222 g/mol. The van der Waals surface area contributed by atoms with Crippen molar-refractivity contribution in [3.8, 4) is 0 Å². The van der Waals surface area contributed by atoms with E-state index in [-0.39, 0.29) is 0 Å². The van der Waals surface area contributed by atoms with E-state index in [9.17, 15) is 0 Å². The van der Waals surface area contributed by atoms with Crippen molar-refractivity contribution in [3.63, 3.8) is 0 Å². The Morgan fingerprint density at radius 3 is 2.83 bits per heavy atom. The average molecular weight is 245 g/mol. The number of fused-ring (bicyclic) bond motifs is 1. The molecule has 1 aliphatic carbocycles. The first-order valence-electron chi connectivity index (χ1n) is 7.26. The molecule has 0 amide bonds. The molecule has 2 heteroatoms. The molecule has 0 saturated heterocycles. The van der Waals surface area contributed by atoms with Crippen LogP contribution < -0.4 is 5.32 Å². The highest BCUT2D eigenvalue weighted by Gasteiger charge is 2.26. The number of benzene rings is 1. The number of hydrogen-bond donors (Lipinski definition) is 1. The first-order chi connectivity index (χ1) is 8.84. The fraction of sp³-hybridized carbons (Fsp3) is 0.625. The van der Waals surface area contributed by atoms with E-state index < -0.39 is 0 Å². The first kappa shape index (κ1) is 12.2. The molecule has 1 saturated carbocycles. The molecular formula is C16H23NO. The lowest BCUT2D eigenvalue weighted by atomic mass is 9.95. The third-order valence-corrected chi connectivity index (χ3v) is 4.54. The standard InChI is InChI=1S/C16H23NO/c1-12(13-6-2-3-7-13)17-16-11-18-10-14-8-4-5-9-15(14)16/h4-5,8-9,12-13,16-17H,2-3,6-7,10-11H2,1H3/t12-,16?/m1/s1. The highest BCUT2D eigenvalue weighted by molar-refractivity contribution is 5.31. The molecule has 3 rings (SSSR count). The van der Waals surface area contributed by atoms with Gasteiger partial charge < -0.3 is 10.1 Å². The Labute approximate surface area is 110 Å². The molecule has 0 aromatic heterocycles. The Balaban J connectivity index is 1.70. The molecule has 1 aromatic carbocycles. The zero-order valence-corrected chi connectivity index (χ0v) is 11.2. The van der Waals surface area contributed by atoms with Crippen molar-refractivity contribution >= 4 is 0 Å². The lowest BCUT2D eigenvalue weighted by molar-refractivity contribution is 0.0763. The van der Waals surface area contributed by atoms with E-state index in [1.807, 2.05) is 0 Å². The van der Waals surface area contributed by atoms with Gasteiger partial charge in [-0.2, -0.15) is 0 Å². The van der Waals surface area contributed by atoms with Crippen molar-refractivity contribution in [1.29, 1.82) is 0 Å². The van der Waals surface area contributed by atoms with Gasteiger partial charge in [-0.15, -0.1) is 0 Å². The van der Waals surface area contributed by atoms with E-state index in [1.54, 1.807) is 0 Å². The van der Waals surface area contributed by atoms with Crippen molar-refractivity contribution in [3.05, 3.63) is 35.4 Å². The van der Waals surface area contributed by atoms with Crippen LogP contribution in [0.4, 0.5) is 0 Å². The van der Waals surface area contributed by atoms with Crippen LogP contribution in [0.25, 0.3) is 0 Å². The summed E-state index contributed by atoms with van der Waals surface area (Å²) in [5, 5.41) is 3.79. The summed E-state index contributed by atoms with van der Waals surface area (Å²) >= 11 is 0. The summed E-state index contributed by atoms with van der Waals surface area (Å²) < 4.78 is 5.71. The van der Waals surface area contributed by atoms with E-state index in [4.69, 9.17) is 4.74 Å². The van der Waals surface area contributed by atoms with E-state index in [0.717, 1.165) is 19.1 Å². The van der Waals surface area contributed by atoms with Gasteiger partial charge in [-0.1, -0.05) is 37.1 Å². The molecule has 18 heavy (non-hydrogen) atoms. The average Bonchev–Trinajstić information content (AvgIpc) is 2.93. The summed E-state index contributed by atoms with van der Waals surface area (Å²) in [5.74, 6) is 0.860. The molecule has 1 aliphatic heterocycles. The number of nitrogens with one attached hydrogen (secondary N) is 1. The number of rotatable bonds is 3. The molecule has 1 unspecified atom stereocenters. The van der Waals surface area contributed by atoms with Crippen LogP contribution in [-0.2, 0) is 11.3 Å². The molecule has 0 radical (unpaired) electrons. The predicted octanol–water partition coefficient (Wildman–Crippen LogP) is 3.43. The molecule has 0 bridgehead atoms. The lowest BCUT2D eigenvalue weighted by Gasteiger charge is -2.31. The topological polar surface area (TPSA) is 21.3 Å². The van der Waals surface area contributed by atoms with Gasteiger partial charge in [0.1, 0.15) is 0 Å². The Morgan fingerprint density at radius 2 is 2.00 bits per heavy atom. The second kappa shape index (κ2) is 5.41. The van der Waals surface area contributed by atoms with Crippen molar-refractivity contribution in [2.45, 2.75) is 51.3 Å². The molecule has 2 nitrogen and oxygen atoms in total. The van der Waals surface area contributed by atoms with Gasteiger partial charge in [0, 0.05) is 6.04 Å². The second-order valence-corrected chi connectivity index (χ2v) is 5.77. The van der Waals surface area contributed by atoms with Crippen molar-refractivity contribution < 1.29 is 4.74 Å². The molecule has 2 aliphatic rings. The molecule has 98 valence electrons. The summed E-state index contributed by atoms with van der Waals surface area (Å²) in [6, 6.07) is 9.66. The summed E-state index contributed by atoms with van der Waals surface area (Å²) in [6.07, 6.45) is 5.61. The van der Waals surface area contributed by atoms with Gasteiger partial charge in [-0.05, 0) is 36.8 Å². The minimum atomic E-state index is 0.380. The van der Waals surface area contributed by atoms with Gasteiger partial charge in [0.25, 0.3) is 0 Å². The molecule has 0 spiro atoms. The highest BCUT2D eigenvalue weighted by atomic mass is 16.5. The van der Waals surface area contributed by atoms with Crippen LogP contribution in [0.3, 0.4) is 0 Å². The van der Waals surface area contributed by atoms with Crippen LogP contribution in [-0.4, -0.2) is 12.6 Å². The fourth-order valence-electron chi connectivity index (χ4n) is 3.43. The van der Waals surface area contributed by atoms with E-state index in [0.29, 0.717) is 12.1 Å². The van der Waals surface area contributed by atoms with Crippen LogP contribution in [0.15, 0.2) is 24.3 Å². The van der Waals surface area contributed by atoms with Crippen molar-refractivity contribution in [1.82, 2.24) is 5.32 Å². The highest BCUT2D eigenvalue weighted by Crippen LogP contribution is 2.30. The minimum absolute atomic E-state index is 0.380. The fourth-order valence-corrected chi connectivity index (χ4v) is 3.43. The molecule has 2 atom stereocenters. The van der Waals surface area contributed by atoms with Gasteiger partial charge in [-0.3, -0.25) is 0 Å². The van der Waals surface area contributed by atoms with Gasteiger partial charge in [0.2, 0.25) is 0 Å². The zero-order chi connectivity index (χ0) is 12.4. The third kappa shape index (κ3) is 2.45. The van der Waals surface area contributed by atoms with Crippen LogP contribution in [0, 0.1) is 5.92 Å². The molecule has 1 aromatic rings. The van der Waals surface area contributed by atoms with Crippen LogP contribution in [0.1, 0.15) is 49.8 Å². The van der Waals surface area contributed by atoms with Crippen molar-refractivity contribution in [2.24, 2.45) is 5.92 Å². The van der Waals surface area contributed by atoms with Crippen LogP contribution in [0.5, 0.6) is 0 Å². The van der Waals surface area contributed by atoms with Crippen LogP contribution >= 0.6 is 0 Å². The maximum atomic E-state index is 5.71.